The monoisotopic (exact) mass is 433 g/mol. The van der Waals surface area contributed by atoms with E-state index in [2.05, 4.69) is 16.0 Å². The third-order valence-corrected chi connectivity index (χ3v) is 5.19. The molecule has 2 aromatic carbocycles. The number of carbonyl (C=O) groups excluding carboxylic acids is 2. The highest BCUT2D eigenvalue weighted by Crippen LogP contribution is 2.18. The molecule has 3 rings (SSSR count). The molecule has 0 unspecified atom stereocenters. The van der Waals surface area contributed by atoms with Gasteiger partial charge in [-0.05, 0) is 48.2 Å². The summed E-state index contributed by atoms with van der Waals surface area (Å²) in [7, 11) is 0. The Kier molecular flexibility index (Phi) is 8.95. The number of benzene rings is 2. The van der Waals surface area contributed by atoms with Gasteiger partial charge in [-0.25, -0.2) is 0 Å². The first-order chi connectivity index (χ1) is 14.0. The predicted octanol–water partition coefficient (Wildman–Crippen LogP) is 1.37. The molecule has 0 aliphatic carbocycles. The fourth-order valence-corrected chi connectivity index (χ4v) is 3.48. The first kappa shape index (κ1) is 23.5. The average Bonchev–Trinajstić information content (AvgIpc) is 3.21. The van der Waals surface area contributed by atoms with Crippen LogP contribution in [0.15, 0.2) is 48.5 Å². The topological polar surface area (TPSA) is 111 Å². The van der Waals surface area contributed by atoms with Crippen molar-refractivity contribution in [2.75, 3.05) is 26.2 Å². The molecule has 2 atom stereocenters. The number of amides is 2. The molecule has 1 saturated heterocycles. The molecule has 0 spiro atoms. The van der Waals surface area contributed by atoms with Gasteiger partial charge in [0.25, 0.3) is 0 Å². The minimum atomic E-state index is -0.386. The van der Waals surface area contributed by atoms with E-state index in [1.807, 2.05) is 24.3 Å². The van der Waals surface area contributed by atoms with E-state index in [-0.39, 0.29) is 47.6 Å². The van der Waals surface area contributed by atoms with Crippen LogP contribution in [0.25, 0.3) is 0 Å². The number of phenols is 2. The normalized spacial score (nSPS) is 17.7. The summed E-state index contributed by atoms with van der Waals surface area (Å²) in [5, 5.41) is 27.6. The number of hydrogen-bond acceptors (Lipinski definition) is 5. The number of hydrogen-bond donors (Lipinski definition) is 5. The second-order valence-corrected chi connectivity index (χ2v) is 7.29. The van der Waals surface area contributed by atoms with E-state index in [1.165, 1.54) is 0 Å². The van der Waals surface area contributed by atoms with Gasteiger partial charge in [-0.3, -0.25) is 9.59 Å². The van der Waals surface area contributed by atoms with E-state index in [1.54, 1.807) is 24.3 Å². The van der Waals surface area contributed by atoms with Gasteiger partial charge in [0.2, 0.25) is 11.8 Å². The van der Waals surface area contributed by atoms with Crippen molar-refractivity contribution in [1.29, 1.82) is 0 Å². The zero-order valence-corrected chi connectivity index (χ0v) is 17.5. The standard InChI is InChI=1S/C22H27N3O4.ClH/c26-17-5-1-15(2-6-17)9-11-24-21(28)19-13-23-14-20(19)22(29)25-12-10-16-3-7-18(27)8-4-16;/h1-8,19-20,23,26-27H,9-14H2,(H,24,28)(H,25,29);1H/t19-,20-;/m1./s1. The van der Waals surface area contributed by atoms with Crippen molar-refractivity contribution in [3.8, 4) is 11.5 Å². The van der Waals surface area contributed by atoms with E-state index in [4.69, 9.17) is 0 Å². The van der Waals surface area contributed by atoms with Gasteiger partial charge < -0.3 is 26.2 Å². The van der Waals surface area contributed by atoms with E-state index in [0.29, 0.717) is 39.0 Å². The second-order valence-electron chi connectivity index (χ2n) is 7.29. The molecule has 0 saturated carbocycles. The maximum Gasteiger partial charge on any atom is 0.225 e. The van der Waals surface area contributed by atoms with Gasteiger partial charge in [0.1, 0.15) is 11.5 Å². The summed E-state index contributed by atoms with van der Waals surface area (Å²) in [4.78, 5) is 25.1. The number of rotatable bonds is 8. The Labute approximate surface area is 182 Å². The van der Waals surface area contributed by atoms with Crippen LogP contribution in [0, 0.1) is 11.8 Å². The van der Waals surface area contributed by atoms with Crippen molar-refractivity contribution in [2.45, 2.75) is 12.8 Å². The maximum atomic E-state index is 12.5. The van der Waals surface area contributed by atoms with Crippen LogP contribution in [-0.4, -0.2) is 48.2 Å². The Balaban J connectivity index is 0.00000320. The first-order valence-corrected chi connectivity index (χ1v) is 9.85. The highest BCUT2D eigenvalue weighted by atomic mass is 35.5. The molecular weight excluding hydrogens is 406 g/mol. The molecule has 162 valence electrons. The molecule has 7 nitrogen and oxygen atoms in total. The summed E-state index contributed by atoms with van der Waals surface area (Å²) < 4.78 is 0. The van der Waals surface area contributed by atoms with Gasteiger partial charge in [-0.15, -0.1) is 12.4 Å². The Bertz CT molecular complexity index is 758. The molecule has 0 radical (unpaired) electrons. The van der Waals surface area contributed by atoms with Crippen molar-refractivity contribution in [2.24, 2.45) is 11.8 Å². The number of halogens is 1. The molecule has 8 heteroatoms. The van der Waals surface area contributed by atoms with Crippen LogP contribution in [0.5, 0.6) is 11.5 Å². The lowest BCUT2D eigenvalue weighted by Gasteiger charge is -2.18. The molecule has 1 heterocycles. The minimum Gasteiger partial charge on any atom is -0.508 e. The van der Waals surface area contributed by atoms with Crippen molar-refractivity contribution in [1.82, 2.24) is 16.0 Å². The predicted molar refractivity (Wildman–Crippen MR) is 117 cm³/mol. The quantitative estimate of drug-likeness (QED) is 0.432. The zero-order chi connectivity index (χ0) is 20.6. The lowest BCUT2D eigenvalue weighted by Crippen LogP contribution is -2.42. The van der Waals surface area contributed by atoms with Crippen LogP contribution in [0.4, 0.5) is 0 Å². The molecule has 1 aliphatic rings. The zero-order valence-electron chi connectivity index (χ0n) is 16.6. The SMILES string of the molecule is Cl.O=C(NCCc1ccc(O)cc1)[C@@H]1CNC[C@H]1C(=O)NCCc1ccc(O)cc1. The molecule has 0 aromatic heterocycles. The third-order valence-electron chi connectivity index (χ3n) is 5.19. The van der Waals surface area contributed by atoms with Gasteiger partial charge >= 0.3 is 0 Å². The number of aromatic hydroxyl groups is 2. The molecule has 2 amide bonds. The summed E-state index contributed by atoms with van der Waals surface area (Å²) in [6, 6.07) is 13.8. The second kappa shape index (κ2) is 11.4. The summed E-state index contributed by atoms with van der Waals surface area (Å²) in [6.45, 7) is 1.94. The maximum absolute atomic E-state index is 12.5. The van der Waals surface area contributed by atoms with Crippen LogP contribution in [0.2, 0.25) is 0 Å². The van der Waals surface area contributed by atoms with Gasteiger partial charge in [0.05, 0.1) is 11.8 Å². The Morgan fingerprint density at radius 1 is 0.767 bits per heavy atom. The lowest BCUT2D eigenvalue weighted by atomic mass is 9.94. The summed E-state index contributed by atoms with van der Waals surface area (Å²) in [5.41, 5.74) is 2.05. The number of carbonyl (C=O) groups is 2. The van der Waals surface area contributed by atoms with Crippen molar-refractivity contribution in [3.05, 3.63) is 59.7 Å². The fourth-order valence-electron chi connectivity index (χ4n) is 3.48. The van der Waals surface area contributed by atoms with Crippen LogP contribution >= 0.6 is 12.4 Å². The van der Waals surface area contributed by atoms with Crippen molar-refractivity contribution < 1.29 is 19.8 Å². The van der Waals surface area contributed by atoms with Gasteiger partial charge in [0.15, 0.2) is 0 Å². The molecular formula is C22H28ClN3O4. The van der Waals surface area contributed by atoms with Crippen LogP contribution in [0.3, 0.4) is 0 Å². The first-order valence-electron chi connectivity index (χ1n) is 9.85. The molecule has 2 aromatic rings. The minimum absolute atomic E-state index is 0. The largest absolute Gasteiger partial charge is 0.508 e. The van der Waals surface area contributed by atoms with Gasteiger partial charge in [-0.2, -0.15) is 0 Å². The van der Waals surface area contributed by atoms with Gasteiger partial charge in [-0.1, -0.05) is 24.3 Å². The summed E-state index contributed by atoms with van der Waals surface area (Å²) in [5.74, 6) is -0.574. The lowest BCUT2D eigenvalue weighted by molar-refractivity contribution is -0.132. The van der Waals surface area contributed by atoms with E-state index < -0.39 is 0 Å². The highest BCUT2D eigenvalue weighted by Gasteiger charge is 2.37. The third kappa shape index (κ3) is 6.64. The Morgan fingerprint density at radius 3 is 1.50 bits per heavy atom. The average molecular weight is 434 g/mol. The van der Waals surface area contributed by atoms with Crippen molar-refractivity contribution >= 4 is 24.2 Å². The molecule has 1 aliphatic heterocycles. The Morgan fingerprint density at radius 2 is 1.13 bits per heavy atom. The van der Waals surface area contributed by atoms with Crippen molar-refractivity contribution in [3.63, 3.8) is 0 Å². The van der Waals surface area contributed by atoms with Crippen LogP contribution in [0.1, 0.15) is 11.1 Å². The number of phenolic OH excluding ortho intramolecular Hbond substituents is 2. The molecule has 1 fully saturated rings. The molecule has 30 heavy (non-hydrogen) atoms. The van der Waals surface area contributed by atoms with Crippen LogP contribution < -0.4 is 16.0 Å². The fraction of sp³-hybridized carbons (Fsp3) is 0.364. The van der Waals surface area contributed by atoms with E-state index in [9.17, 15) is 19.8 Å². The van der Waals surface area contributed by atoms with Gasteiger partial charge in [0, 0.05) is 26.2 Å². The van der Waals surface area contributed by atoms with E-state index >= 15 is 0 Å². The highest BCUT2D eigenvalue weighted by molar-refractivity contribution is 5.88. The van der Waals surface area contributed by atoms with Crippen LogP contribution in [-0.2, 0) is 22.4 Å². The molecule has 0 bridgehead atoms. The summed E-state index contributed by atoms with van der Waals surface area (Å²) in [6.07, 6.45) is 1.32. The number of nitrogens with one attached hydrogen (secondary N) is 3. The Hall–Kier alpha value is -2.77. The molecule has 5 N–H and O–H groups in total. The van der Waals surface area contributed by atoms with E-state index in [0.717, 1.165) is 11.1 Å². The smallest absolute Gasteiger partial charge is 0.225 e. The summed E-state index contributed by atoms with van der Waals surface area (Å²) >= 11 is 0.